The van der Waals surface area contributed by atoms with Crippen LogP contribution < -0.4 is 5.32 Å². The molecule has 0 bridgehead atoms. The van der Waals surface area contributed by atoms with Crippen LogP contribution in [0.4, 0.5) is 0 Å². The van der Waals surface area contributed by atoms with E-state index in [1.165, 1.54) is 25.7 Å². The molecule has 4 heteroatoms. The highest BCUT2D eigenvalue weighted by molar-refractivity contribution is 4.87. The molecule has 0 amide bonds. The van der Waals surface area contributed by atoms with E-state index in [2.05, 4.69) is 33.9 Å². The minimum atomic E-state index is 0.640. The van der Waals surface area contributed by atoms with Gasteiger partial charge in [-0.1, -0.05) is 26.7 Å². The summed E-state index contributed by atoms with van der Waals surface area (Å²) < 4.78 is 2.16. The zero-order chi connectivity index (χ0) is 11.4. The molecule has 4 nitrogen and oxygen atoms in total. The molecule has 90 valence electrons. The molecule has 1 aliphatic carbocycles. The maximum Gasteiger partial charge on any atom is 0.146 e. The highest BCUT2D eigenvalue weighted by atomic mass is 15.3. The van der Waals surface area contributed by atoms with Crippen molar-refractivity contribution in [3.05, 3.63) is 12.2 Å². The van der Waals surface area contributed by atoms with Gasteiger partial charge in [-0.2, -0.15) is 0 Å². The molecule has 0 radical (unpaired) electrons. The highest BCUT2D eigenvalue weighted by Crippen LogP contribution is 2.17. The first-order valence-corrected chi connectivity index (χ1v) is 6.36. The number of rotatable bonds is 5. The van der Waals surface area contributed by atoms with Crippen molar-refractivity contribution < 1.29 is 0 Å². The summed E-state index contributed by atoms with van der Waals surface area (Å²) in [4.78, 5) is 0. The van der Waals surface area contributed by atoms with Gasteiger partial charge in [0.2, 0.25) is 0 Å². The zero-order valence-corrected chi connectivity index (χ0v) is 10.3. The summed E-state index contributed by atoms with van der Waals surface area (Å²) in [6.45, 7) is 6.30. The normalized spacial score (nSPS) is 17.4. The SMILES string of the molecule is CC(C)Cn1cnnc1CNC1CCCC1. The van der Waals surface area contributed by atoms with E-state index in [1.807, 2.05) is 6.33 Å². The quantitative estimate of drug-likeness (QED) is 0.828. The maximum atomic E-state index is 4.18. The molecule has 1 heterocycles. The first kappa shape index (κ1) is 11.6. The Balaban J connectivity index is 1.85. The Bertz CT molecular complexity index is 313. The van der Waals surface area contributed by atoms with Crippen molar-refractivity contribution in [1.82, 2.24) is 20.1 Å². The van der Waals surface area contributed by atoms with Crippen LogP contribution in [-0.2, 0) is 13.1 Å². The van der Waals surface area contributed by atoms with E-state index in [0.29, 0.717) is 12.0 Å². The Morgan fingerprint density at radius 2 is 2.19 bits per heavy atom. The van der Waals surface area contributed by atoms with E-state index in [9.17, 15) is 0 Å². The van der Waals surface area contributed by atoms with E-state index in [1.54, 1.807) is 0 Å². The van der Waals surface area contributed by atoms with Gasteiger partial charge in [0.25, 0.3) is 0 Å². The molecule has 16 heavy (non-hydrogen) atoms. The van der Waals surface area contributed by atoms with Gasteiger partial charge in [0.1, 0.15) is 12.2 Å². The van der Waals surface area contributed by atoms with Crippen LogP contribution in [0.25, 0.3) is 0 Å². The summed E-state index contributed by atoms with van der Waals surface area (Å²) in [5.74, 6) is 1.71. The van der Waals surface area contributed by atoms with Crippen LogP contribution in [0.5, 0.6) is 0 Å². The van der Waals surface area contributed by atoms with Crippen LogP contribution in [0.3, 0.4) is 0 Å². The Labute approximate surface area is 97.5 Å². The first-order chi connectivity index (χ1) is 7.75. The summed E-state index contributed by atoms with van der Waals surface area (Å²) >= 11 is 0. The van der Waals surface area contributed by atoms with Crippen LogP contribution in [0.15, 0.2) is 6.33 Å². The maximum absolute atomic E-state index is 4.18. The third-order valence-corrected chi connectivity index (χ3v) is 3.16. The molecule has 1 N–H and O–H groups in total. The summed E-state index contributed by atoms with van der Waals surface area (Å²) in [6.07, 6.45) is 7.22. The second-order valence-corrected chi connectivity index (χ2v) is 5.16. The van der Waals surface area contributed by atoms with E-state index in [4.69, 9.17) is 0 Å². The van der Waals surface area contributed by atoms with E-state index in [0.717, 1.165) is 18.9 Å². The van der Waals surface area contributed by atoms with Gasteiger partial charge in [-0.25, -0.2) is 0 Å². The van der Waals surface area contributed by atoms with Gasteiger partial charge in [-0.05, 0) is 18.8 Å². The minimum Gasteiger partial charge on any atom is -0.316 e. The molecule has 1 fully saturated rings. The van der Waals surface area contributed by atoms with Gasteiger partial charge in [-0.15, -0.1) is 10.2 Å². The average Bonchev–Trinajstić information content (AvgIpc) is 2.84. The van der Waals surface area contributed by atoms with Gasteiger partial charge < -0.3 is 9.88 Å². The minimum absolute atomic E-state index is 0.640. The lowest BCUT2D eigenvalue weighted by Crippen LogP contribution is -2.27. The molecular weight excluding hydrogens is 200 g/mol. The smallest absolute Gasteiger partial charge is 0.146 e. The molecule has 0 atom stereocenters. The molecular formula is C12H22N4. The van der Waals surface area contributed by atoms with Gasteiger partial charge in [0, 0.05) is 12.6 Å². The molecule has 0 saturated heterocycles. The molecule has 1 aromatic heterocycles. The third-order valence-electron chi connectivity index (χ3n) is 3.16. The third kappa shape index (κ3) is 3.04. The number of aromatic nitrogens is 3. The Hall–Kier alpha value is -0.900. The average molecular weight is 222 g/mol. The monoisotopic (exact) mass is 222 g/mol. The summed E-state index contributed by atoms with van der Waals surface area (Å²) in [5, 5.41) is 11.7. The van der Waals surface area contributed by atoms with E-state index >= 15 is 0 Å². The van der Waals surface area contributed by atoms with Gasteiger partial charge in [-0.3, -0.25) is 0 Å². The fourth-order valence-corrected chi connectivity index (χ4v) is 2.33. The largest absolute Gasteiger partial charge is 0.316 e. The Kier molecular flexibility index (Phi) is 3.93. The molecule has 0 aliphatic heterocycles. The lowest BCUT2D eigenvalue weighted by atomic mass is 10.2. The lowest BCUT2D eigenvalue weighted by molar-refractivity contribution is 0.469. The summed E-state index contributed by atoms with van der Waals surface area (Å²) in [5.41, 5.74) is 0. The Morgan fingerprint density at radius 3 is 2.88 bits per heavy atom. The van der Waals surface area contributed by atoms with Crippen LogP contribution in [-0.4, -0.2) is 20.8 Å². The number of nitrogens with one attached hydrogen (secondary N) is 1. The van der Waals surface area contributed by atoms with Crippen molar-refractivity contribution in [3.8, 4) is 0 Å². The van der Waals surface area contributed by atoms with Crippen molar-refractivity contribution in [2.45, 2.75) is 58.7 Å². The highest BCUT2D eigenvalue weighted by Gasteiger charge is 2.15. The molecule has 0 unspecified atom stereocenters. The second-order valence-electron chi connectivity index (χ2n) is 5.16. The predicted molar refractivity (Wildman–Crippen MR) is 64.0 cm³/mol. The van der Waals surface area contributed by atoms with Gasteiger partial charge in [0.05, 0.1) is 6.54 Å². The van der Waals surface area contributed by atoms with Crippen LogP contribution >= 0.6 is 0 Å². The second kappa shape index (κ2) is 5.43. The van der Waals surface area contributed by atoms with Crippen molar-refractivity contribution in [2.24, 2.45) is 5.92 Å². The van der Waals surface area contributed by atoms with Crippen LogP contribution in [0, 0.1) is 5.92 Å². The molecule has 1 aliphatic rings. The van der Waals surface area contributed by atoms with E-state index < -0.39 is 0 Å². The zero-order valence-electron chi connectivity index (χ0n) is 10.3. The van der Waals surface area contributed by atoms with Crippen LogP contribution in [0.1, 0.15) is 45.4 Å². The molecule has 1 aromatic rings. The summed E-state index contributed by atoms with van der Waals surface area (Å²) in [6, 6.07) is 0.698. The lowest BCUT2D eigenvalue weighted by Gasteiger charge is -2.13. The van der Waals surface area contributed by atoms with Gasteiger partial charge >= 0.3 is 0 Å². The van der Waals surface area contributed by atoms with Crippen molar-refractivity contribution in [1.29, 1.82) is 0 Å². The number of hydrogen-bond acceptors (Lipinski definition) is 3. The number of nitrogens with zero attached hydrogens (tertiary/aromatic N) is 3. The summed E-state index contributed by atoms with van der Waals surface area (Å²) in [7, 11) is 0. The first-order valence-electron chi connectivity index (χ1n) is 6.36. The van der Waals surface area contributed by atoms with Crippen molar-refractivity contribution in [3.63, 3.8) is 0 Å². The molecule has 2 rings (SSSR count). The number of hydrogen-bond donors (Lipinski definition) is 1. The molecule has 1 saturated carbocycles. The predicted octanol–water partition coefficient (Wildman–Crippen LogP) is 1.97. The van der Waals surface area contributed by atoms with Gasteiger partial charge in [0.15, 0.2) is 0 Å². The van der Waals surface area contributed by atoms with E-state index in [-0.39, 0.29) is 0 Å². The topological polar surface area (TPSA) is 42.7 Å². The Morgan fingerprint density at radius 1 is 1.44 bits per heavy atom. The van der Waals surface area contributed by atoms with Crippen molar-refractivity contribution in [2.75, 3.05) is 0 Å². The molecule has 0 aromatic carbocycles. The van der Waals surface area contributed by atoms with Crippen molar-refractivity contribution >= 4 is 0 Å². The standard InChI is InChI=1S/C12H22N4/c1-10(2)8-16-9-14-15-12(16)7-13-11-5-3-4-6-11/h9-11,13H,3-8H2,1-2H3. The fourth-order valence-electron chi connectivity index (χ4n) is 2.33. The van der Waals surface area contributed by atoms with Crippen LogP contribution in [0.2, 0.25) is 0 Å². The molecule has 0 spiro atoms. The fraction of sp³-hybridized carbons (Fsp3) is 0.833.